The fourth-order valence-electron chi connectivity index (χ4n) is 2.12. The van der Waals surface area contributed by atoms with Gasteiger partial charge in [0.1, 0.15) is 0 Å². The second-order valence-electron chi connectivity index (χ2n) is 5.09. The Kier molecular flexibility index (Phi) is 6.32. The first-order valence-corrected chi connectivity index (χ1v) is 8.32. The molecular formula is C19H18BrNO3. The molecule has 0 bridgehead atoms. The van der Waals surface area contributed by atoms with Gasteiger partial charge >= 0.3 is 5.97 Å². The molecule has 0 heterocycles. The number of esters is 1. The Morgan fingerprint density at radius 3 is 2.46 bits per heavy atom. The van der Waals surface area contributed by atoms with Crippen LogP contribution in [0.3, 0.4) is 0 Å². The number of carbonyl (C=O) groups is 2. The quantitative estimate of drug-likeness (QED) is 0.438. The van der Waals surface area contributed by atoms with Crippen molar-refractivity contribution in [2.75, 3.05) is 11.9 Å². The number of rotatable bonds is 6. The van der Waals surface area contributed by atoms with Crippen molar-refractivity contribution in [3.8, 4) is 0 Å². The zero-order valence-corrected chi connectivity index (χ0v) is 15.1. The molecule has 1 N–H and O–H groups in total. The maximum absolute atomic E-state index is 12.3. The summed E-state index contributed by atoms with van der Waals surface area (Å²) in [6.45, 7) is 3.85. The van der Waals surface area contributed by atoms with E-state index in [4.69, 9.17) is 4.74 Å². The average Bonchev–Trinajstić information content (AvgIpc) is 2.56. The van der Waals surface area contributed by atoms with Gasteiger partial charge in [-0.15, -0.1) is 0 Å². The summed E-state index contributed by atoms with van der Waals surface area (Å²) in [4.78, 5) is 24.2. The molecule has 4 nitrogen and oxygen atoms in total. The minimum atomic E-state index is -0.396. The summed E-state index contributed by atoms with van der Waals surface area (Å²) >= 11 is 3.34. The van der Waals surface area contributed by atoms with Crippen molar-refractivity contribution in [2.45, 2.75) is 13.8 Å². The molecule has 0 aliphatic heterocycles. The summed E-state index contributed by atoms with van der Waals surface area (Å²) in [5.41, 5.74) is 2.27. The van der Waals surface area contributed by atoms with E-state index >= 15 is 0 Å². The standard InChI is InChI=1S/C19H18BrNO3/c1-3-24-19(23)16-6-4-5-7-17(16)21-13(2)12-18(22)14-8-10-15(20)11-9-14/h4-12,21H,3H2,1-2H3. The number of hydrogen-bond acceptors (Lipinski definition) is 4. The second kappa shape index (κ2) is 8.45. The van der Waals surface area contributed by atoms with Crippen LogP contribution in [-0.4, -0.2) is 18.4 Å². The zero-order valence-electron chi connectivity index (χ0n) is 13.5. The SMILES string of the molecule is CCOC(=O)c1ccccc1NC(C)=CC(=O)c1ccc(Br)cc1. The molecule has 2 aromatic carbocycles. The van der Waals surface area contributed by atoms with Crippen LogP contribution in [0.2, 0.25) is 0 Å². The lowest BCUT2D eigenvalue weighted by atomic mass is 10.1. The lowest BCUT2D eigenvalue weighted by Crippen LogP contribution is -2.09. The van der Waals surface area contributed by atoms with Crippen LogP contribution < -0.4 is 5.32 Å². The highest BCUT2D eigenvalue weighted by molar-refractivity contribution is 9.10. The smallest absolute Gasteiger partial charge is 0.340 e. The van der Waals surface area contributed by atoms with Crippen molar-refractivity contribution >= 4 is 33.4 Å². The van der Waals surface area contributed by atoms with E-state index in [1.54, 1.807) is 44.2 Å². The molecule has 5 heteroatoms. The number of benzene rings is 2. The maximum atomic E-state index is 12.3. The van der Waals surface area contributed by atoms with Crippen molar-refractivity contribution < 1.29 is 14.3 Å². The van der Waals surface area contributed by atoms with Gasteiger partial charge < -0.3 is 10.1 Å². The molecule has 124 valence electrons. The van der Waals surface area contributed by atoms with Gasteiger partial charge in [0.25, 0.3) is 0 Å². The molecule has 0 aromatic heterocycles. The van der Waals surface area contributed by atoms with Crippen LogP contribution in [-0.2, 0) is 4.74 Å². The van der Waals surface area contributed by atoms with Crippen LogP contribution >= 0.6 is 15.9 Å². The number of nitrogens with one attached hydrogen (secondary N) is 1. The summed E-state index contributed by atoms with van der Waals surface area (Å²) in [6.07, 6.45) is 1.51. The van der Waals surface area contributed by atoms with Crippen molar-refractivity contribution in [2.24, 2.45) is 0 Å². The molecule has 0 aliphatic rings. The number of carbonyl (C=O) groups excluding carboxylic acids is 2. The van der Waals surface area contributed by atoms with Gasteiger partial charge in [-0.1, -0.05) is 28.1 Å². The van der Waals surface area contributed by atoms with Gasteiger partial charge in [-0.2, -0.15) is 0 Å². The van der Waals surface area contributed by atoms with Gasteiger partial charge in [0, 0.05) is 21.8 Å². The van der Waals surface area contributed by atoms with Gasteiger partial charge in [-0.25, -0.2) is 4.79 Å². The normalized spacial score (nSPS) is 11.0. The number of halogens is 1. The first-order chi connectivity index (χ1) is 11.5. The maximum Gasteiger partial charge on any atom is 0.340 e. The number of para-hydroxylation sites is 1. The topological polar surface area (TPSA) is 55.4 Å². The summed E-state index contributed by atoms with van der Waals surface area (Å²) in [7, 11) is 0. The molecule has 0 spiro atoms. The molecule has 0 radical (unpaired) electrons. The van der Waals surface area contributed by atoms with E-state index in [1.165, 1.54) is 6.08 Å². The summed E-state index contributed by atoms with van der Waals surface area (Å²) in [5.74, 6) is -0.506. The van der Waals surface area contributed by atoms with E-state index in [-0.39, 0.29) is 5.78 Å². The van der Waals surface area contributed by atoms with Crippen LogP contribution in [0.4, 0.5) is 5.69 Å². The van der Waals surface area contributed by atoms with Crippen LogP contribution in [0.25, 0.3) is 0 Å². The number of hydrogen-bond donors (Lipinski definition) is 1. The molecule has 2 aromatic rings. The predicted molar refractivity (Wildman–Crippen MR) is 98.3 cm³/mol. The second-order valence-corrected chi connectivity index (χ2v) is 6.01. The van der Waals surface area contributed by atoms with Crippen molar-refractivity contribution in [3.63, 3.8) is 0 Å². The predicted octanol–water partition coefficient (Wildman–Crippen LogP) is 4.82. The monoisotopic (exact) mass is 387 g/mol. The van der Waals surface area contributed by atoms with E-state index in [0.29, 0.717) is 29.1 Å². The molecule has 0 amide bonds. The number of anilines is 1. The van der Waals surface area contributed by atoms with E-state index in [0.717, 1.165) is 4.47 Å². The fourth-order valence-corrected chi connectivity index (χ4v) is 2.39. The Balaban J connectivity index is 2.17. The van der Waals surface area contributed by atoms with Crippen molar-refractivity contribution in [1.82, 2.24) is 0 Å². The molecule has 0 aliphatic carbocycles. The fraction of sp³-hybridized carbons (Fsp3) is 0.158. The summed E-state index contributed by atoms with van der Waals surface area (Å²) in [5, 5.41) is 3.09. The van der Waals surface area contributed by atoms with Crippen LogP contribution in [0.1, 0.15) is 34.6 Å². The largest absolute Gasteiger partial charge is 0.462 e. The number of ether oxygens (including phenoxy) is 1. The van der Waals surface area contributed by atoms with Crippen LogP contribution in [0.5, 0.6) is 0 Å². The van der Waals surface area contributed by atoms with Gasteiger partial charge in [0.15, 0.2) is 5.78 Å². The Morgan fingerprint density at radius 1 is 1.12 bits per heavy atom. The zero-order chi connectivity index (χ0) is 17.5. The molecule has 0 saturated carbocycles. The molecule has 2 rings (SSSR count). The van der Waals surface area contributed by atoms with Gasteiger partial charge in [0.2, 0.25) is 0 Å². The Labute approximate surface area is 149 Å². The van der Waals surface area contributed by atoms with Crippen molar-refractivity contribution in [1.29, 1.82) is 0 Å². The lowest BCUT2D eigenvalue weighted by molar-refractivity contribution is 0.0527. The number of ketones is 1. The highest BCUT2D eigenvalue weighted by Gasteiger charge is 2.12. The minimum absolute atomic E-state index is 0.110. The Bertz CT molecular complexity index is 766. The molecule has 0 saturated heterocycles. The van der Waals surface area contributed by atoms with E-state index in [1.807, 2.05) is 18.2 Å². The molecule has 0 atom stereocenters. The van der Waals surface area contributed by atoms with E-state index in [2.05, 4.69) is 21.2 Å². The highest BCUT2D eigenvalue weighted by Crippen LogP contribution is 2.19. The lowest BCUT2D eigenvalue weighted by Gasteiger charge is -2.11. The minimum Gasteiger partial charge on any atom is -0.462 e. The van der Waals surface area contributed by atoms with Crippen molar-refractivity contribution in [3.05, 3.63) is 75.9 Å². The van der Waals surface area contributed by atoms with Gasteiger partial charge in [0.05, 0.1) is 17.9 Å². The molecular weight excluding hydrogens is 370 g/mol. The van der Waals surface area contributed by atoms with E-state index < -0.39 is 5.97 Å². The third-order valence-electron chi connectivity index (χ3n) is 3.23. The Morgan fingerprint density at radius 2 is 1.79 bits per heavy atom. The number of allylic oxidation sites excluding steroid dienone is 2. The highest BCUT2D eigenvalue weighted by atomic mass is 79.9. The first-order valence-electron chi connectivity index (χ1n) is 7.52. The van der Waals surface area contributed by atoms with E-state index in [9.17, 15) is 9.59 Å². The van der Waals surface area contributed by atoms with Gasteiger partial charge in [-0.05, 0) is 50.2 Å². The summed E-state index contributed by atoms with van der Waals surface area (Å²) in [6, 6.07) is 14.2. The molecule has 0 fully saturated rings. The molecule has 0 unspecified atom stereocenters. The summed E-state index contributed by atoms with van der Waals surface area (Å²) < 4.78 is 5.96. The third-order valence-corrected chi connectivity index (χ3v) is 3.76. The molecule has 24 heavy (non-hydrogen) atoms. The third kappa shape index (κ3) is 4.80. The van der Waals surface area contributed by atoms with Gasteiger partial charge in [-0.3, -0.25) is 4.79 Å². The first kappa shape index (κ1) is 17.9. The Hall–Kier alpha value is -2.40. The van der Waals surface area contributed by atoms with Crippen LogP contribution in [0.15, 0.2) is 64.8 Å². The van der Waals surface area contributed by atoms with Crippen LogP contribution in [0, 0.1) is 0 Å². The average molecular weight is 388 g/mol.